The minimum atomic E-state index is 0.302. The molecule has 0 aromatic carbocycles. The monoisotopic (exact) mass is 215 g/mol. The van der Waals surface area contributed by atoms with E-state index < -0.39 is 0 Å². The molecule has 1 heterocycles. The molecule has 3 nitrogen and oxygen atoms in total. The van der Waals surface area contributed by atoms with E-state index in [4.69, 9.17) is 4.74 Å². The summed E-state index contributed by atoms with van der Waals surface area (Å²) in [6.07, 6.45) is 3.33. The summed E-state index contributed by atoms with van der Waals surface area (Å²) in [4.78, 5) is 2.28. The van der Waals surface area contributed by atoms with Crippen LogP contribution in [-0.2, 0) is 4.74 Å². The number of aliphatic hydroxyl groups excluding tert-OH is 1. The van der Waals surface area contributed by atoms with E-state index in [9.17, 15) is 5.11 Å². The molecule has 0 spiro atoms. The number of aliphatic hydroxyl groups is 1. The van der Waals surface area contributed by atoms with E-state index in [0.29, 0.717) is 24.5 Å². The van der Waals surface area contributed by atoms with E-state index >= 15 is 0 Å². The summed E-state index contributed by atoms with van der Waals surface area (Å²) < 4.78 is 5.40. The molecule has 2 unspecified atom stereocenters. The first-order valence-electron chi connectivity index (χ1n) is 6.05. The molecule has 2 atom stereocenters. The van der Waals surface area contributed by atoms with Gasteiger partial charge in [0.2, 0.25) is 0 Å². The van der Waals surface area contributed by atoms with Gasteiger partial charge < -0.3 is 14.7 Å². The lowest BCUT2D eigenvalue weighted by Crippen LogP contribution is -2.44. The van der Waals surface area contributed by atoms with Crippen molar-refractivity contribution >= 4 is 0 Å². The predicted molar refractivity (Wildman–Crippen MR) is 61.9 cm³/mol. The molecule has 1 fully saturated rings. The van der Waals surface area contributed by atoms with E-state index in [1.165, 1.54) is 0 Å². The topological polar surface area (TPSA) is 32.7 Å². The zero-order valence-corrected chi connectivity index (χ0v) is 10.3. The third kappa shape index (κ3) is 3.44. The Bertz CT molecular complexity index is 163. The van der Waals surface area contributed by atoms with E-state index in [-0.39, 0.29) is 0 Å². The van der Waals surface area contributed by atoms with Gasteiger partial charge >= 0.3 is 0 Å². The van der Waals surface area contributed by atoms with Crippen LogP contribution in [0.4, 0.5) is 0 Å². The van der Waals surface area contributed by atoms with Crippen LogP contribution in [0, 0.1) is 11.8 Å². The number of ether oxygens (including phenoxy) is 1. The maximum atomic E-state index is 9.42. The van der Waals surface area contributed by atoms with Gasteiger partial charge in [0.1, 0.15) is 0 Å². The fraction of sp³-hybridized carbons (Fsp3) is 1.00. The lowest BCUT2D eigenvalue weighted by molar-refractivity contribution is 0.00937. The minimum Gasteiger partial charge on any atom is -0.396 e. The molecule has 0 radical (unpaired) electrons. The Balaban J connectivity index is 2.62. The van der Waals surface area contributed by atoms with Crippen LogP contribution in [0.2, 0.25) is 0 Å². The Labute approximate surface area is 93.4 Å². The van der Waals surface area contributed by atoms with Crippen LogP contribution in [0.5, 0.6) is 0 Å². The molecule has 0 aromatic heterocycles. The molecule has 90 valence electrons. The first kappa shape index (κ1) is 12.9. The van der Waals surface area contributed by atoms with Crippen LogP contribution < -0.4 is 0 Å². The predicted octanol–water partition coefficient (Wildman–Crippen LogP) is 1.36. The molecule has 1 saturated heterocycles. The molecule has 0 bridgehead atoms. The van der Waals surface area contributed by atoms with Crippen LogP contribution in [0.3, 0.4) is 0 Å². The summed E-state index contributed by atoms with van der Waals surface area (Å²) in [7, 11) is 4.25. The van der Waals surface area contributed by atoms with Crippen molar-refractivity contribution in [2.45, 2.75) is 32.2 Å². The third-order valence-corrected chi connectivity index (χ3v) is 3.59. The average molecular weight is 215 g/mol. The van der Waals surface area contributed by atoms with Gasteiger partial charge in [0.15, 0.2) is 0 Å². The van der Waals surface area contributed by atoms with Gasteiger partial charge in [0.05, 0.1) is 0 Å². The van der Waals surface area contributed by atoms with E-state index in [2.05, 4.69) is 25.9 Å². The Morgan fingerprint density at radius 3 is 2.33 bits per heavy atom. The second-order valence-corrected chi connectivity index (χ2v) is 4.75. The standard InChI is InChI=1S/C12H25NO2/c1-4-10(9-14)12(13(2)3)11-5-7-15-8-6-11/h10-12,14H,4-9H2,1-3H3. The molecule has 1 aliphatic heterocycles. The van der Waals surface area contributed by atoms with Crippen LogP contribution in [-0.4, -0.2) is 50.0 Å². The Morgan fingerprint density at radius 1 is 1.33 bits per heavy atom. The summed E-state index contributed by atoms with van der Waals surface area (Å²) in [5, 5.41) is 9.42. The molecule has 15 heavy (non-hydrogen) atoms. The number of hydrogen-bond donors (Lipinski definition) is 1. The van der Waals surface area contributed by atoms with Crippen molar-refractivity contribution in [2.24, 2.45) is 11.8 Å². The van der Waals surface area contributed by atoms with Crippen molar-refractivity contribution in [1.82, 2.24) is 4.90 Å². The molecular formula is C12H25NO2. The van der Waals surface area contributed by atoms with Crippen molar-refractivity contribution in [3.8, 4) is 0 Å². The molecule has 3 heteroatoms. The lowest BCUT2D eigenvalue weighted by atomic mass is 9.82. The van der Waals surface area contributed by atoms with Gasteiger partial charge in [-0.05, 0) is 45.2 Å². The van der Waals surface area contributed by atoms with Crippen molar-refractivity contribution in [3.63, 3.8) is 0 Å². The highest BCUT2D eigenvalue weighted by molar-refractivity contribution is 4.83. The van der Waals surface area contributed by atoms with E-state index in [1.54, 1.807) is 0 Å². The highest BCUT2D eigenvalue weighted by Gasteiger charge is 2.30. The molecule has 0 aromatic rings. The van der Waals surface area contributed by atoms with Crippen molar-refractivity contribution in [3.05, 3.63) is 0 Å². The number of nitrogens with zero attached hydrogens (tertiary/aromatic N) is 1. The molecule has 0 amide bonds. The molecule has 1 rings (SSSR count). The SMILES string of the molecule is CCC(CO)C(C1CCOCC1)N(C)C. The van der Waals surface area contributed by atoms with E-state index in [1.807, 2.05) is 0 Å². The van der Waals surface area contributed by atoms with Crippen LogP contribution in [0.1, 0.15) is 26.2 Å². The van der Waals surface area contributed by atoms with E-state index in [0.717, 1.165) is 32.5 Å². The van der Waals surface area contributed by atoms with Gasteiger partial charge in [0.25, 0.3) is 0 Å². The summed E-state index contributed by atoms with van der Waals surface area (Å²) in [5.74, 6) is 1.09. The van der Waals surface area contributed by atoms with Crippen LogP contribution >= 0.6 is 0 Å². The Kier molecular flexibility index (Phi) is 5.58. The van der Waals surface area contributed by atoms with Crippen molar-refractivity contribution < 1.29 is 9.84 Å². The normalized spacial score (nSPS) is 23.0. The smallest absolute Gasteiger partial charge is 0.0474 e. The summed E-state index contributed by atoms with van der Waals surface area (Å²) >= 11 is 0. The number of rotatable bonds is 5. The molecule has 1 aliphatic rings. The highest BCUT2D eigenvalue weighted by Crippen LogP contribution is 2.28. The fourth-order valence-corrected chi connectivity index (χ4v) is 2.76. The van der Waals surface area contributed by atoms with Gasteiger partial charge in [-0.3, -0.25) is 0 Å². The van der Waals surface area contributed by atoms with Gasteiger partial charge in [-0.1, -0.05) is 6.92 Å². The van der Waals surface area contributed by atoms with Crippen molar-refractivity contribution in [1.29, 1.82) is 0 Å². The summed E-state index contributed by atoms with van der Waals surface area (Å²) in [6, 6.07) is 0.504. The fourth-order valence-electron chi connectivity index (χ4n) is 2.76. The van der Waals surface area contributed by atoms with Gasteiger partial charge in [-0.2, -0.15) is 0 Å². The number of hydrogen-bond acceptors (Lipinski definition) is 3. The maximum Gasteiger partial charge on any atom is 0.0474 e. The first-order chi connectivity index (χ1) is 7.20. The van der Waals surface area contributed by atoms with Gasteiger partial charge in [-0.25, -0.2) is 0 Å². The second kappa shape index (κ2) is 6.46. The zero-order valence-electron chi connectivity index (χ0n) is 10.3. The maximum absolute atomic E-state index is 9.42. The van der Waals surface area contributed by atoms with Crippen LogP contribution in [0.25, 0.3) is 0 Å². The lowest BCUT2D eigenvalue weighted by Gasteiger charge is -2.39. The average Bonchev–Trinajstić information content (AvgIpc) is 2.26. The van der Waals surface area contributed by atoms with Gasteiger partial charge in [-0.15, -0.1) is 0 Å². The zero-order chi connectivity index (χ0) is 11.3. The van der Waals surface area contributed by atoms with Crippen LogP contribution in [0.15, 0.2) is 0 Å². The highest BCUT2D eigenvalue weighted by atomic mass is 16.5. The largest absolute Gasteiger partial charge is 0.396 e. The second-order valence-electron chi connectivity index (χ2n) is 4.75. The Hall–Kier alpha value is -0.120. The summed E-state index contributed by atoms with van der Waals surface area (Å²) in [5.41, 5.74) is 0. The van der Waals surface area contributed by atoms with Gasteiger partial charge in [0, 0.05) is 25.9 Å². The molecule has 1 N–H and O–H groups in total. The van der Waals surface area contributed by atoms with Crippen molar-refractivity contribution in [2.75, 3.05) is 33.9 Å². The quantitative estimate of drug-likeness (QED) is 0.751. The molecular weight excluding hydrogens is 190 g/mol. The Morgan fingerprint density at radius 2 is 1.93 bits per heavy atom. The molecule has 0 aliphatic carbocycles. The molecule has 0 saturated carbocycles. The third-order valence-electron chi connectivity index (χ3n) is 3.59. The summed E-state index contributed by atoms with van der Waals surface area (Å²) in [6.45, 7) is 4.24. The minimum absolute atomic E-state index is 0.302. The first-order valence-corrected chi connectivity index (χ1v) is 6.05.